The van der Waals surface area contributed by atoms with Crippen LogP contribution >= 0.6 is 34.8 Å². The fraction of sp³-hybridized carbons (Fsp3) is 0.0417. The van der Waals surface area contributed by atoms with Crippen molar-refractivity contribution in [1.82, 2.24) is 0 Å². The Morgan fingerprint density at radius 3 is 2.27 bits per heavy atom. The zero-order valence-corrected chi connectivity index (χ0v) is 19.1. The summed E-state index contributed by atoms with van der Waals surface area (Å²) >= 11 is 18.5. The lowest BCUT2D eigenvalue weighted by atomic mass is 10.1. The summed E-state index contributed by atoms with van der Waals surface area (Å²) in [5, 5.41) is 21.8. The fourth-order valence-corrected chi connectivity index (χ4v) is 3.58. The Labute approximate surface area is 204 Å². The van der Waals surface area contributed by atoms with Crippen LogP contribution in [0.1, 0.15) is 21.5 Å². The Morgan fingerprint density at radius 2 is 1.70 bits per heavy atom. The molecule has 0 atom stereocenters. The topological polar surface area (TPSA) is 99.4 Å². The van der Waals surface area contributed by atoms with Gasteiger partial charge in [0.2, 0.25) is 0 Å². The predicted octanol–water partition coefficient (Wildman–Crippen LogP) is 6.47. The van der Waals surface area contributed by atoms with E-state index in [1.165, 1.54) is 30.3 Å². The Morgan fingerprint density at radius 1 is 1.03 bits per heavy atom. The van der Waals surface area contributed by atoms with Crippen molar-refractivity contribution in [1.29, 1.82) is 5.26 Å². The zero-order chi connectivity index (χ0) is 24.0. The molecule has 6 nitrogen and oxygen atoms in total. The van der Waals surface area contributed by atoms with E-state index >= 15 is 0 Å². The highest BCUT2D eigenvalue weighted by atomic mass is 35.5. The lowest BCUT2D eigenvalue weighted by molar-refractivity contribution is -0.112. The number of carboxylic acids is 1. The predicted molar refractivity (Wildman–Crippen MR) is 128 cm³/mol. The second-order valence-electron chi connectivity index (χ2n) is 6.74. The van der Waals surface area contributed by atoms with E-state index in [4.69, 9.17) is 44.6 Å². The molecule has 2 N–H and O–H groups in total. The van der Waals surface area contributed by atoms with E-state index in [0.29, 0.717) is 16.3 Å². The molecular weight excluding hydrogens is 487 g/mol. The molecule has 3 aromatic rings. The lowest BCUT2D eigenvalue weighted by Crippen LogP contribution is -2.13. The number of nitriles is 1. The molecule has 0 saturated heterocycles. The first kappa shape index (κ1) is 24.1. The SMILES string of the molecule is N#C/C(=C\c1cc(Cl)c(OCc2ccc(C(=O)O)cc2)c(Cl)c1)C(=O)Nc1cccc(Cl)c1. The molecule has 1 amide bonds. The number of rotatable bonds is 7. The van der Waals surface area contributed by atoms with Crippen molar-refractivity contribution in [3.05, 3.63) is 98.0 Å². The van der Waals surface area contributed by atoms with Gasteiger partial charge in [-0.3, -0.25) is 4.79 Å². The standard InChI is InChI=1S/C24H15Cl3N2O4/c25-18-2-1-3-19(11-18)29-23(30)17(12-28)8-15-9-20(26)22(21(27)10-15)33-13-14-4-6-16(7-5-14)24(31)32/h1-11H,13H2,(H,29,30)(H,31,32)/b17-8+. The second-order valence-corrected chi connectivity index (χ2v) is 7.99. The van der Waals surface area contributed by atoms with Crippen molar-refractivity contribution in [3.63, 3.8) is 0 Å². The summed E-state index contributed by atoms with van der Waals surface area (Å²) in [7, 11) is 0. The van der Waals surface area contributed by atoms with Crippen molar-refractivity contribution in [3.8, 4) is 11.8 Å². The number of ether oxygens (including phenoxy) is 1. The number of nitrogens with zero attached hydrogens (tertiary/aromatic N) is 1. The van der Waals surface area contributed by atoms with Crippen LogP contribution in [0, 0.1) is 11.3 Å². The van der Waals surface area contributed by atoms with Crippen molar-refractivity contribution in [2.24, 2.45) is 0 Å². The molecule has 0 radical (unpaired) electrons. The number of halogens is 3. The normalized spacial score (nSPS) is 10.9. The van der Waals surface area contributed by atoms with Gasteiger partial charge < -0.3 is 15.2 Å². The Hall–Kier alpha value is -3.50. The molecule has 0 aliphatic rings. The molecule has 0 aliphatic carbocycles. The van der Waals surface area contributed by atoms with Gasteiger partial charge in [0, 0.05) is 10.7 Å². The maximum atomic E-state index is 12.4. The summed E-state index contributed by atoms with van der Waals surface area (Å²) in [6.45, 7) is 0.111. The Balaban J connectivity index is 1.75. The van der Waals surface area contributed by atoms with E-state index in [2.05, 4.69) is 5.32 Å². The largest absolute Gasteiger partial charge is 0.486 e. The minimum atomic E-state index is -1.02. The minimum absolute atomic E-state index is 0.111. The van der Waals surface area contributed by atoms with Gasteiger partial charge in [0.25, 0.3) is 5.91 Å². The quantitative estimate of drug-likeness (QED) is 0.285. The third-order valence-corrected chi connectivity index (χ3v) is 5.16. The maximum Gasteiger partial charge on any atom is 0.335 e. The van der Waals surface area contributed by atoms with Crippen molar-refractivity contribution < 1.29 is 19.4 Å². The summed E-state index contributed by atoms with van der Waals surface area (Å²) in [6.07, 6.45) is 1.35. The molecule has 0 bridgehead atoms. The molecule has 33 heavy (non-hydrogen) atoms. The number of anilines is 1. The third-order valence-electron chi connectivity index (χ3n) is 4.36. The summed E-state index contributed by atoms with van der Waals surface area (Å²) in [4.78, 5) is 23.4. The van der Waals surface area contributed by atoms with Crippen molar-refractivity contribution in [2.75, 3.05) is 5.32 Å². The molecule has 0 saturated carbocycles. The fourth-order valence-electron chi connectivity index (χ4n) is 2.78. The molecule has 0 fully saturated rings. The summed E-state index contributed by atoms with van der Waals surface area (Å²) in [6, 6.07) is 17.6. The highest BCUT2D eigenvalue weighted by Crippen LogP contribution is 2.35. The number of nitrogens with one attached hydrogen (secondary N) is 1. The van der Waals surface area contributed by atoms with Crippen LogP contribution in [-0.4, -0.2) is 17.0 Å². The van der Waals surface area contributed by atoms with Crippen LogP contribution < -0.4 is 10.1 Å². The smallest absolute Gasteiger partial charge is 0.335 e. The van der Waals surface area contributed by atoms with Gasteiger partial charge in [-0.1, -0.05) is 53.0 Å². The van der Waals surface area contributed by atoms with Crippen LogP contribution in [0.2, 0.25) is 15.1 Å². The molecule has 0 aliphatic heterocycles. The van der Waals surface area contributed by atoms with Gasteiger partial charge >= 0.3 is 5.97 Å². The van der Waals surface area contributed by atoms with E-state index in [9.17, 15) is 14.9 Å². The molecule has 0 spiro atoms. The first-order valence-electron chi connectivity index (χ1n) is 9.39. The summed E-state index contributed by atoms with van der Waals surface area (Å²) in [5.74, 6) is -1.41. The number of benzene rings is 3. The molecule has 0 unspecified atom stereocenters. The molecule has 3 aromatic carbocycles. The first-order chi connectivity index (χ1) is 15.8. The van der Waals surface area contributed by atoms with Crippen LogP contribution in [-0.2, 0) is 11.4 Å². The van der Waals surface area contributed by atoms with Crippen molar-refractivity contribution >= 4 is 58.4 Å². The van der Waals surface area contributed by atoms with E-state index in [1.54, 1.807) is 36.4 Å². The molecular formula is C24H15Cl3N2O4. The maximum absolute atomic E-state index is 12.4. The zero-order valence-electron chi connectivity index (χ0n) is 16.8. The van der Waals surface area contributed by atoms with Crippen molar-refractivity contribution in [2.45, 2.75) is 6.61 Å². The summed E-state index contributed by atoms with van der Waals surface area (Å²) in [5.41, 5.74) is 1.61. The van der Waals surface area contributed by atoms with E-state index < -0.39 is 11.9 Å². The molecule has 0 heterocycles. The van der Waals surface area contributed by atoms with Crippen LogP contribution in [0.3, 0.4) is 0 Å². The molecule has 3 rings (SSSR count). The number of hydrogen-bond donors (Lipinski definition) is 2. The van der Waals surface area contributed by atoms with Gasteiger partial charge in [0.15, 0.2) is 5.75 Å². The van der Waals surface area contributed by atoms with Gasteiger partial charge in [0.1, 0.15) is 18.2 Å². The van der Waals surface area contributed by atoms with Gasteiger partial charge in [-0.2, -0.15) is 5.26 Å². The van der Waals surface area contributed by atoms with Crippen LogP contribution in [0.25, 0.3) is 6.08 Å². The average molecular weight is 502 g/mol. The number of carbonyl (C=O) groups is 2. The summed E-state index contributed by atoms with van der Waals surface area (Å²) < 4.78 is 5.69. The molecule has 166 valence electrons. The number of hydrogen-bond acceptors (Lipinski definition) is 4. The van der Waals surface area contributed by atoms with Gasteiger partial charge in [-0.15, -0.1) is 0 Å². The highest BCUT2D eigenvalue weighted by Gasteiger charge is 2.13. The van der Waals surface area contributed by atoms with Gasteiger partial charge in [0.05, 0.1) is 15.6 Å². The third kappa shape index (κ3) is 6.50. The van der Waals surface area contributed by atoms with Crippen LogP contribution in [0.5, 0.6) is 5.75 Å². The number of aromatic carboxylic acids is 1. The van der Waals surface area contributed by atoms with E-state index in [-0.39, 0.29) is 33.5 Å². The lowest BCUT2D eigenvalue weighted by Gasteiger charge is -2.11. The van der Waals surface area contributed by atoms with Gasteiger partial charge in [-0.25, -0.2) is 4.79 Å². The second kappa shape index (κ2) is 10.9. The van der Waals surface area contributed by atoms with Crippen LogP contribution in [0.15, 0.2) is 66.2 Å². The number of carbonyl (C=O) groups excluding carboxylic acids is 1. The Kier molecular flexibility index (Phi) is 7.96. The Bertz CT molecular complexity index is 1260. The monoisotopic (exact) mass is 500 g/mol. The number of carboxylic acid groups (broad SMARTS) is 1. The first-order valence-corrected chi connectivity index (χ1v) is 10.5. The van der Waals surface area contributed by atoms with E-state index in [0.717, 1.165) is 5.56 Å². The molecule has 0 aromatic heterocycles. The highest BCUT2D eigenvalue weighted by molar-refractivity contribution is 6.37. The van der Waals surface area contributed by atoms with Gasteiger partial charge in [-0.05, 0) is 59.7 Å². The average Bonchev–Trinajstić information content (AvgIpc) is 2.77. The van der Waals surface area contributed by atoms with E-state index in [1.807, 2.05) is 6.07 Å². The number of amides is 1. The van der Waals surface area contributed by atoms with Crippen LogP contribution in [0.4, 0.5) is 5.69 Å². The minimum Gasteiger partial charge on any atom is -0.486 e. The molecule has 9 heteroatoms.